The number of benzene rings is 2. The van der Waals surface area contributed by atoms with Gasteiger partial charge >= 0.3 is 0 Å². The zero-order chi connectivity index (χ0) is 20.4. The van der Waals surface area contributed by atoms with Crippen LogP contribution in [0.25, 0.3) is 0 Å². The summed E-state index contributed by atoms with van der Waals surface area (Å²) in [5.74, 6) is 0. The minimum absolute atomic E-state index is 0.0303. The Morgan fingerprint density at radius 2 is 1.60 bits per heavy atom. The van der Waals surface area contributed by atoms with Crippen molar-refractivity contribution in [2.75, 3.05) is 5.73 Å². The van der Waals surface area contributed by atoms with Crippen LogP contribution in [0.2, 0.25) is 6.82 Å². The molecule has 8 heteroatoms. The second-order valence-corrected chi connectivity index (χ2v) is 4.34. The Bertz CT molecular complexity index is 746. The van der Waals surface area contributed by atoms with Crippen LogP contribution in [-0.4, -0.2) is 22.5 Å². The molecule has 6 nitrogen and oxygen atoms in total. The summed E-state index contributed by atoms with van der Waals surface area (Å²) in [6.45, 7) is 1.50. The van der Waals surface area contributed by atoms with Gasteiger partial charge < -0.3 is 5.73 Å². The number of nitrogens with two attached hydrogens (primary N) is 1. The zero-order valence-corrected chi connectivity index (χ0v) is 13.9. The molecule has 0 atom stereocenters. The molecule has 0 saturated carbocycles. The Morgan fingerprint density at radius 1 is 1.12 bits per heavy atom. The minimum Gasteiger partial charge on any atom is -0.399 e. The molecule has 2 N–H and O–H groups in total. The summed E-state index contributed by atoms with van der Waals surface area (Å²) in [7, 11) is 8.25. The first-order chi connectivity index (χ1) is 12.6. The summed E-state index contributed by atoms with van der Waals surface area (Å²) < 4.78 is 5.25. The van der Waals surface area contributed by atoms with Gasteiger partial charge in [-0.2, -0.15) is 10.5 Å². The predicted molar refractivity (Wildman–Crippen MR) is 101 cm³/mol. The van der Waals surface area contributed by atoms with Crippen molar-refractivity contribution in [2.24, 2.45) is 0 Å². The molecule has 0 aromatic heterocycles. The van der Waals surface area contributed by atoms with Gasteiger partial charge in [-0.15, -0.1) is 0 Å². The molecule has 0 spiro atoms. The number of nitriles is 2. The first-order valence-electron chi connectivity index (χ1n) is 7.54. The zero-order valence-electron chi connectivity index (χ0n) is 14.9. The van der Waals surface area contributed by atoms with Crippen molar-refractivity contribution in [3.8, 4) is 12.1 Å². The summed E-state index contributed by atoms with van der Waals surface area (Å²) in [5, 5.41) is 26.9. The quantitative estimate of drug-likeness (QED) is 0.401. The number of nitrogen functional groups attached to an aromatic ring is 1. The lowest BCUT2D eigenvalue weighted by Crippen LogP contribution is -1.89. The van der Waals surface area contributed by atoms with Crippen LogP contribution < -0.4 is 5.73 Å². The van der Waals surface area contributed by atoms with Crippen LogP contribution in [0.1, 0.15) is 11.1 Å². The fourth-order valence-electron chi connectivity index (χ4n) is 1.67. The number of nitro groups is 1. The Morgan fingerprint density at radius 3 is 2.04 bits per heavy atom. The van der Waals surface area contributed by atoms with E-state index in [1.807, 2.05) is 24.3 Å². The first kappa shape index (κ1) is 21.7. The van der Waals surface area contributed by atoms with Gasteiger partial charge in [0.15, 0.2) is 0 Å². The average Bonchev–Trinajstić information content (AvgIpc) is 2.66. The number of nitro benzene ring substituents is 1. The molecule has 0 heterocycles. The second kappa shape index (κ2) is 14.3. The molecule has 124 valence electrons. The van der Waals surface area contributed by atoms with Crippen LogP contribution in [0, 0.1) is 32.8 Å². The van der Waals surface area contributed by atoms with Gasteiger partial charge in [0.1, 0.15) is 0 Å². The molecule has 0 bridgehead atoms. The molecule has 25 heavy (non-hydrogen) atoms. The van der Waals surface area contributed by atoms with Crippen LogP contribution in [0.5, 0.6) is 0 Å². The lowest BCUT2D eigenvalue weighted by atomic mass is 10.1. The molecular weight excluding hydrogens is 314 g/mol. The van der Waals surface area contributed by atoms with Crippen molar-refractivity contribution in [2.45, 2.75) is 19.7 Å². The topological polar surface area (TPSA) is 117 Å². The van der Waals surface area contributed by atoms with E-state index in [1.165, 1.54) is 19.0 Å². The highest BCUT2D eigenvalue weighted by Gasteiger charge is 2.04. The van der Waals surface area contributed by atoms with Crippen molar-refractivity contribution in [1.29, 1.82) is 11.9 Å². The Kier molecular flexibility index (Phi) is 12.5. The van der Waals surface area contributed by atoms with Gasteiger partial charge in [-0.3, -0.25) is 10.1 Å². The van der Waals surface area contributed by atoms with Crippen LogP contribution in [0.15, 0.2) is 48.5 Å². The molecule has 0 saturated heterocycles. The van der Waals surface area contributed by atoms with Crippen molar-refractivity contribution in [3.05, 3.63) is 69.8 Å². The summed E-state index contributed by atoms with van der Waals surface area (Å²) in [6.07, 6.45) is 0.646. The van der Waals surface area contributed by atoms with Crippen molar-refractivity contribution >= 4 is 27.6 Å². The molecule has 0 unspecified atom stereocenters. The van der Waals surface area contributed by atoms with E-state index in [0.29, 0.717) is 17.7 Å². The Balaban J connectivity index is 0. The fourth-order valence-corrected chi connectivity index (χ4v) is 1.67. The van der Waals surface area contributed by atoms with Crippen LogP contribution >= 0.6 is 0 Å². The van der Waals surface area contributed by atoms with Gasteiger partial charge in [0, 0.05) is 26.2 Å². The lowest BCUT2D eigenvalue weighted by Gasteiger charge is -1.94. The van der Waals surface area contributed by atoms with Gasteiger partial charge in [0.05, 0.1) is 37.7 Å². The van der Waals surface area contributed by atoms with Gasteiger partial charge in [0.25, 0.3) is 5.69 Å². The van der Waals surface area contributed by atoms with Gasteiger partial charge in [-0.1, -0.05) is 31.1 Å². The van der Waals surface area contributed by atoms with Crippen molar-refractivity contribution in [1.82, 2.24) is 0 Å². The molecule has 2 rings (SSSR count). The largest absolute Gasteiger partial charge is 0.399 e. The molecular formula is C17H18B2N4O2. The maximum atomic E-state index is 10.3. The summed E-state index contributed by atoms with van der Waals surface area (Å²) >= 11 is 0. The van der Waals surface area contributed by atoms with E-state index in [2.05, 4.69) is 22.3 Å². The molecule has 0 aliphatic rings. The van der Waals surface area contributed by atoms with E-state index in [-0.39, 0.29) is 12.1 Å². The summed E-state index contributed by atoms with van der Waals surface area (Å²) in [5.41, 5.74) is 7.87. The monoisotopic (exact) mass is 333 g/mol. The van der Waals surface area contributed by atoms with Crippen LogP contribution in [0.3, 0.4) is 0 Å². The molecule has 0 aliphatic carbocycles. The minimum atomic E-state index is -0.471. The van der Waals surface area contributed by atoms with E-state index in [4.69, 9.17) is 17.6 Å². The number of rotatable bonds is 3. The van der Waals surface area contributed by atoms with Crippen molar-refractivity contribution in [3.63, 3.8) is 0 Å². The van der Waals surface area contributed by atoms with Crippen LogP contribution in [-0.2, 0) is 12.8 Å². The highest BCUT2D eigenvalue weighted by Crippen LogP contribution is 2.12. The molecule has 2 aromatic rings. The Hall–Kier alpha value is -3.25. The maximum absolute atomic E-state index is 10.3. The number of nitrogens with zero attached hydrogens (tertiary/aromatic N) is 3. The number of hydrogen-bond acceptors (Lipinski definition) is 5. The maximum Gasteiger partial charge on any atom is 0.269 e. The van der Waals surface area contributed by atoms with Gasteiger partial charge in [-0.05, 0) is 24.6 Å². The molecule has 0 amide bonds. The van der Waals surface area contributed by atoms with E-state index in [0.717, 1.165) is 5.56 Å². The third-order valence-electron chi connectivity index (χ3n) is 2.64. The highest BCUT2D eigenvalue weighted by atomic mass is 16.6. The summed E-state index contributed by atoms with van der Waals surface area (Å²) in [6, 6.07) is 17.4. The lowest BCUT2D eigenvalue weighted by molar-refractivity contribution is -0.384. The standard InChI is InChI=1S/C8H6N2O2.C8H8N2.CH3B.BH/c9-5-4-7-2-1-3-8(6-7)10(11)12;9-5-4-7-2-1-3-8(10)6-7;1-2;/h1-3,6H,4H2;1-3,6H,4,10H2;1H3;1H/i;;;1D. The van der Waals surface area contributed by atoms with Gasteiger partial charge in [-0.25, -0.2) is 0 Å². The van der Waals surface area contributed by atoms with E-state index in [1.54, 1.807) is 18.2 Å². The molecule has 0 fully saturated rings. The number of hydrogen-bond donors (Lipinski definition) is 1. The first-order valence-corrected chi connectivity index (χ1v) is 6.96. The third kappa shape index (κ3) is 10.2. The second-order valence-electron chi connectivity index (χ2n) is 4.34. The third-order valence-corrected chi connectivity index (χ3v) is 2.64. The normalized spacial score (nSPS) is 8.20. The highest BCUT2D eigenvalue weighted by molar-refractivity contribution is 6.05. The van der Waals surface area contributed by atoms with Gasteiger partial charge in [0.2, 0.25) is 0 Å². The number of anilines is 1. The SMILES string of the molecule is N#CCc1cccc(N)c1.N#CCc1cccc([N+](=O)[O-])c1.[2H][B].[B]C. The predicted octanol–water partition coefficient (Wildman–Crippen LogP) is 2.55. The van der Waals surface area contributed by atoms with E-state index >= 15 is 0 Å². The van der Waals surface area contributed by atoms with E-state index in [9.17, 15) is 10.1 Å². The van der Waals surface area contributed by atoms with Crippen molar-refractivity contribution < 1.29 is 4.92 Å². The average molecular weight is 333 g/mol. The van der Waals surface area contributed by atoms with Crippen LogP contribution in [0.4, 0.5) is 11.4 Å². The molecule has 2 aromatic carbocycles. The fraction of sp³-hybridized carbons (Fsp3) is 0.176. The number of non-ortho nitro benzene ring substituents is 1. The smallest absolute Gasteiger partial charge is 0.269 e. The molecule has 0 aliphatic heterocycles. The molecule has 4 radical (unpaired) electrons. The summed E-state index contributed by atoms with van der Waals surface area (Å²) in [4.78, 5) is 9.81. The Labute approximate surface area is 152 Å². The van der Waals surface area contributed by atoms with E-state index < -0.39 is 4.92 Å².